The molecule has 0 aliphatic rings. The van der Waals surface area contributed by atoms with Gasteiger partial charge < -0.3 is 10.3 Å². The Balaban J connectivity index is 2.15. The molecule has 1 aromatic carbocycles. The number of sulfonamides is 1. The molecule has 21 heavy (non-hydrogen) atoms. The fraction of sp³-hybridized carbons (Fsp3) is 0.357. The van der Waals surface area contributed by atoms with Crippen molar-refractivity contribution in [3.05, 3.63) is 42.4 Å². The standard InChI is InChI=1S/C14H20N4O2S/c1-3-7-16-11(2)12-5-4-6-13(8-12)18-21(19,20)14-9-15-10-17-14/h4-6,8-11,16,18H,3,7H2,1-2H3,(H,15,17). The van der Waals surface area contributed by atoms with Crippen molar-refractivity contribution in [2.75, 3.05) is 11.3 Å². The normalized spacial score (nSPS) is 13.0. The summed E-state index contributed by atoms with van der Waals surface area (Å²) >= 11 is 0. The number of aromatic nitrogens is 2. The fourth-order valence-corrected chi connectivity index (χ4v) is 2.91. The van der Waals surface area contributed by atoms with Crippen molar-refractivity contribution in [1.82, 2.24) is 15.3 Å². The largest absolute Gasteiger partial charge is 0.334 e. The van der Waals surface area contributed by atoms with Crippen LogP contribution in [-0.4, -0.2) is 24.9 Å². The summed E-state index contributed by atoms with van der Waals surface area (Å²) in [6, 6.07) is 7.54. The van der Waals surface area contributed by atoms with E-state index in [9.17, 15) is 8.42 Å². The lowest BCUT2D eigenvalue weighted by Crippen LogP contribution is -2.19. The Kier molecular flexibility index (Phi) is 4.98. The van der Waals surface area contributed by atoms with Gasteiger partial charge in [0.15, 0.2) is 5.03 Å². The third kappa shape index (κ3) is 4.05. The molecule has 2 aromatic rings. The molecule has 2 rings (SSSR count). The van der Waals surface area contributed by atoms with Gasteiger partial charge in [0, 0.05) is 11.7 Å². The van der Waals surface area contributed by atoms with Crippen LogP contribution in [0, 0.1) is 0 Å². The van der Waals surface area contributed by atoms with Crippen LogP contribution in [-0.2, 0) is 10.0 Å². The lowest BCUT2D eigenvalue weighted by Gasteiger charge is -2.15. The molecule has 0 aliphatic heterocycles. The van der Waals surface area contributed by atoms with Gasteiger partial charge in [-0.15, -0.1) is 0 Å². The van der Waals surface area contributed by atoms with Crippen molar-refractivity contribution in [1.29, 1.82) is 0 Å². The van der Waals surface area contributed by atoms with E-state index in [1.165, 1.54) is 12.5 Å². The first-order chi connectivity index (χ1) is 10.0. The summed E-state index contributed by atoms with van der Waals surface area (Å²) in [6.07, 6.45) is 3.66. The summed E-state index contributed by atoms with van der Waals surface area (Å²) in [5.74, 6) is 0. The second-order valence-corrected chi connectivity index (χ2v) is 6.47. The van der Waals surface area contributed by atoms with Gasteiger partial charge in [-0.05, 0) is 37.6 Å². The van der Waals surface area contributed by atoms with E-state index in [4.69, 9.17) is 0 Å². The smallest absolute Gasteiger partial charge is 0.278 e. The number of rotatable bonds is 7. The second kappa shape index (κ2) is 6.73. The predicted octanol–water partition coefficient (Wildman–Crippen LogP) is 2.27. The molecule has 6 nitrogen and oxygen atoms in total. The highest BCUT2D eigenvalue weighted by Gasteiger charge is 2.16. The first-order valence-corrected chi connectivity index (χ1v) is 8.36. The molecule has 0 aliphatic carbocycles. The van der Waals surface area contributed by atoms with Crippen LogP contribution in [0.5, 0.6) is 0 Å². The molecule has 0 saturated heterocycles. The number of nitrogens with one attached hydrogen (secondary N) is 3. The summed E-state index contributed by atoms with van der Waals surface area (Å²) in [7, 11) is -3.62. The fourth-order valence-electron chi connectivity index (χ4n) is 1.95. The summed E-state index contributed by atoms with van der Waals surface area (Å²) in [5.41, 5.74) is 1.57. The number of nitrogens with zero attached hydrogens (tertiary/aromatic N) is 1. The maximum Gasteiger partial charge on any atom is 0.278 e. The van der Waals surface area contributed by atoms with Gasteiger partial charge in [-0.3, -0.25) is 4.72 Å². The van der Waals surface area contributed by atoms with Gasteiger partial charge in [0.2, 0.25) is 0 Å². The topological polar surface area (TPSA) is 86.9 Å². The number of aromatic amines is 1. The molecular weight excluding hydrogens is 288 g/mol. The van der Waals surface area contributed by atoms with Gasteiger partial charge >= 0.3 is 0 Å². The Morgan fingerprint density at radius 2 is 2.19 bits per heavy atom. The Morgan fingerprint density at radius 1 is 1.38 bits per heavy atom. The van der Waals surface area contributed by atoms with Gasteiger partial charge in [0.25, 0.3) is 10.0 Å². The Hall–Kier alpha value is -1.86. The van der Waals surface area contributed by atoms with E-state index in [1.54, 1.807) is 6.07 Å². The summed E-state index contributed by atoms with van der Waals surface area (Å²) in [6.45, 7) is 5.08. The van der Waals surface area contributed by atoms with Crippen LogP contribution in [0.15, 0.2) is 41.8 Å². The van der Waals surface area contributed by atoms with Crippen molar-refractivity contribution in [2.24, 2.45) is 0 Å². The maximum absolute atomic E-state index is 12.1. The van der Waals surface area contributed by atoms with Gasteiger partial charge in [0.05, 0.1) is 12.5 Å². The van der Waals surface area contributed by atoms with Crippen molar-refractivity contribution < 1.29 is 8.42 Å². The average molecular weight is 308 g/mol. The second-order valence-electron chi connectivity index (χ2n) is 4.82. The highest BCUT2D eigenvalue weighted by Crippen LogP contribution is 2.19. The molecule has 0 bridgehead atoms. The minimum absolute atomic E-state index is 0.0464. The molecule has 7 heteroatoms. The molecule has 0 spiro atoms. The molecule has 1 aromatic heterocycles. The summed E-state index contributed by atoms with van der Waals surface area (Å²) < 4.78 is 26.8. The zero-order valence-electron chi connectivity index (χ0n) is 12.1. The lowest BCUT2D eigenvalue weighted by atomic mass is 10.1. The van der Waals surface area contributed by atoms with Crippen LogP contribution < -0.4 is 10.0 Å². The van der Waals surface area contributed by atoms with E-state index < -0.39 is 10.0 Å². The van der Waals surface area contributed by atoms with Crippen LogP contribution in [0.3, 0.4) is 0 Å². The molecule has 0 saturated carbocycles. The SMILES string of the molecule is CCCNC(C)c1cccc(NS(=O)(=O)c2cnc[nH]2)c1. The van der Waals surface area contributed by atoms with Gasteiger partial charge in [0.1, 0.15) is 0 Å². The number of H-pyrrole nitrogens is 1. The third-order valence-corrected chi connectivity index (χ3v) is 4.41. The molecule has 0 radical (unpaired) electrons. The third-order valence-electron chi connectivity index (χ3n) is 3.10. The maximum atomic E-state index is 12.1. The van der Waals surface area contributed by atoms with Crippen LogP contribution >= 0.6 is 0 Å². The number of hydrogen-bond donors (Lipinski definition) is 3. The average Bonchev–Trinajstić information content (AvgIpc) is 2.99. The van der Waals surface area contributed by atoms with Crippen molar-refractivity contribution in [3.63, 3.8) is 0 Å². The van der Waals surface area contributed by atoms with Crippen LogP contribution in [0.25, 0.3) is 0 Å². The van der Waals surface area contributed by atoms with Crippen LogP contribution in [0.1, 0.15) is 31.9 Å². The van der Waals surface area contributed by atoms with E-state index in [0.29, 0.717) is 5.69 Å². The first-order valence-electron chi connectivity index (χ1n) is 6.87. The van der Waals surface area contributed by atoms with Gasteiger partial charge in [-0.2, -0.15) is 8.42 Å². The zero-order chi connectivity index (χ0) is 15.3. The van der Waals surface area contributed by atoms with E-state index in [2.05, 4.69) is 33.9 Å². The van der Waals surface area contributed by atoms with E-state index in [1.807, 2.05) is 18.2 Å². The number of benzene rings is 1. The first kappa shape index (κ1) is 15.5. The summed E-state index contributed by atoms with van der Waals surface area (Å²) in [4.78, 5) is 6.31. The van der Waals surface area contributed by atoms with Gasteiger partial charge in [-0.1, -0.05) is 19.1 Å². The number of anilines is 1. The summed E-state index contributed by atoms with van der Waals surface area (Å²) in [5, 5.41) is 3.42. The van der Waals surface area contributed by atoms with E-state index in [0.717, 1.165) is 18.5 Å². The molecule has 1 atom stereocenters. The molecule has 1 unspecified atom stereocenters. The quantitative estimate of drug-likeness (QED) is 0.732. The Morgan fingerprint density at radius 3 is 2.86 bits per heavy atom. The minimum atomic E-state index is -3.62. The molecular formula is C14H20N4O2S. The molecule has 0 fully saturated rings. The van der Waals surface area contributed by atoms with Crippen molar-refractivity contribution in [3.8, 4) is 0 Å². The molecule has 0 amide bonds. The van der Waals surface area contributed by atoms with Crippen LogP contribution in [0.2, 0.25) is 0 Å². The van der Waals surface area contributed by atoms with Crippen molar-refractivity contribution in [2.45, 2.75) is 31.3 Å². The molecule has 3 N–H and O–H groups in total. The predicted molar refractivity (Wildman–Crippen MR) is 82.5 cm³/mol. The Bertz CT molecular complexity index is 668. The number of imidazole rings is 1. The van der Waals surface area contributed by atoms with E-state index >= 15 is 0 Å². The minimum Gasteiger partial charge on any atom is -0.334 e. The van der Waals surface area contributed by atoms with Crippen LogP contribution in [0.4, 0.5) is 5.69 Å². The zero-order valence-corrected chi connectivity index (χ0v) is 12.9. The monoisotopic (exact) mass is 308 g/mol. The van der Waals surface area contributed by atoms with Crippen molar-refractivity contribution >= 4 is 15.7 Å². The van der Waals surface area contributed by atoms with E-state index in [-0.39, 0.29) is 11.1 Å². The number of hydrogen-bond acceptors (Lipinski definition) is 4. The highest BCUT2D eigenvalue weighted by molar-refractivity contribution is 7.92. The lowest BCUT2D eigenvalue weighted by molar-refractivity contribution is 0.571. The molecule has 114 valence electrons. The highest BCUT2D eigenvalue weighted by atomic mass is 32.2. The molecule has 1 heterocycles. The van der Waals surface area contributed by atoms with Gasteiger partial charge in [-0.25, -0.2) is 4.98 Å². The Labute approximate surface area is 125 Å².